The fourth-order valence-electron chi connectivity index (χ4n) is 8.03. The van der Waals surface area contributed by atoms with E-state index in [0.29, 0.717) is 6.42 Å². The van der Waals surface area contributed by atoms with E-state index in [1.165, 1.54) is 44.9 Å². The number of halogens is 2. The molecule has 0 spiro atoms. The van der Waals surface area contributed by atoms with Crippen LogP contribution >= 0.6 is 0 Å². The number of nitrogens with zero attached hydrogens (tertiary/aromatic N) is 1. The van der Waals surface area contributed by atoms with Crippen LogP contribution in [0.2, 0.25) is 0 Å². The highest BCUT2D eigenvalue weighted by atomic mass is 19.3. The number of hydrogen-bond acceptors (Lipinski definition) is 7. The first kappa shape index (κ1) is 30.3. The zero-order chi connectivity index (χ0) is 29.1. The Labute approximate surface area is 248 Å². The van der Waals surface area contributed by atoms with Crippen LogP contribution < -0.4 is 16.1 Å². The number of methoxy groups -OCH3 is 1. The van der Waals surface area contributed by atoms with Gasteiger partial charge in [0.2, 0.25) is 0 Å². The van der Waals surface area contributed by atoms with E-state index in [1.54, 1.807) is 7.11 Å². The van der Waals surface area contributed by atoms with Gasteiger partial charge < -0.3 is 10.1 Å². The molecule has 5 aliphatic rings. The average Bonchev–Trinajstić information content (AvgIpc) is 3.66. The first-order valence-electron chi connectivity index (χ1n) is 16.4. The number of rotatable bonds is 7. The van der Waals surface area contributed by atoms with Crippen molar-refractivity contribution >= 4 is 5.91 Å². The largest absolute Gasteiger partial charge is 0.364 e. The van der Waals surface area contributed by atoms with Gasteiger partial charge in [0, 0.05) is 19.6 Å². The highest BCUT2D eigenvalue weighted by molar-refractivity contribution is 5.81. The highest BCUT2D eigenvalue weighted by Gasteiger charge is 2.50. The van der Waals surface area contributed by atoms with Crippen LogP contribution in [0.4, 0.5) is 8.78 Å². The molecule has 1 aromatic rings. The minimum Gasteiger partial charge on any atom is -0.364 e. The second kappa shape index (κ2) is 13.5. The van der Waals surface area contributed by atoms with Crippen LogP contribution in [-0.2, 0) is 31.3 Å². The molecule has 1 aromatic carbocycles. The number of hydrogen-bond donors (Lipinski definition) is 3. The van der Waals surface area contributed by atoms with E-state index in [-0.39, 0.29) is 30.1 Å². The van der Waals surface area contributed by atoms with Crippen molar-refractivity contribution in [2.75, 3.05) is 7.11 Å². The number of aryl methyl sites for hydroxylation is 1. The van der Waals surface area contributed by atoms with Gasteiger partial charge >= 0.3 is 0 Å². The summed E-state index contributed by atoms with van der Waals surface area (Å²) >= 11 is 0. The second-order valence-electron chi connectivity index (χ2n) is 13.0. The Morgan fingerprint density at radius 3 is 2.38 bits per heavy atom. The molecule has 0 bridgehead atoms. The van der Waals surface area contributed by atoms with Crippen molar-refractivity contribution < 1.29 is 28.0 Å². The molecule has 10 heteroatoms. The number of nitrogens with one attached hydrogen (secondary N) is 3. The Morgan fingerprint density at radius 1 is 1.02 bits per heavy atom. The van der Waals surface area contributed by atoms with Crippen molar-refractivity contribution in [1.82, 2.24) is 21.2 Å². The lowest BCUT2D eigenvalue weighted by atomic mass is 9.77. The van der Waals surface area contributed by atoms with E-state index in [4.69, 9.17) is 14.4 Å². The average molecular weight is 591 g/mol. The number of amides is 1. The van der Waals surface area contributed by atoms with Gasteiger partial charge in [0.05, 0.1) is 6.04 Å². The third kappa shape index (κ3) is 6.26. The van der Waals surface area contributed by atoms with Gasteiger partial charge in [-0.15, -0.1) is 0 Å². The van der Waals surface area contributed by atoms with Gasteiger partial charge in [0.15, 0.2) is 12.3 Å². The highest BCUT2D eigenvalue weighted by Crippen LogP contribution is 2.42. The molecule has 4 unspecified atom stereocenters. The van der Waals surface area contributed by atoms with E-state index in [0.717, 1.165) is 68.1 Å². The molecule has 2 saturated carbocycles. The normalized spacial score (nSPS) is 33.8. The maximum Gasteiger partial charge on any atom is 0.279 e. The van der Waals surface area contributed by atoms with Crippen LogP contribution in [0.5, 0.6) is 0 Å². The Bertz CT molecular complexity index is 1060. The van der Waals surface area contributed by atoms with Crippen LogP contribution in [0.15, 0.2) is 18.2 Å². The number of carbonyl (C=O) groups is 1. The number of benzene rings is 1. The topological polar surface area (TPSA) is 84.1 Å². The molecule has 5 atom stereocenters. The fraction of sp³-hybridized carbons (Fsp3) is 0.781. The van der Waals surface area contributed by atoms with Crippen molar-refractivity contribution in [2.45, 2.75) is 145 Å². The number of hydroxylamine groups is 3. The Morgan fingerprint density at radius 2 is 1.71 bits per heavy atom. The Balaban J connectivity index is 1.16. The van der Waals surface area contributed by atoms with E-state index in [9.17, 15) is 13.6 Å². The van der Waals surface area contributed by atoms with E-state index in [1.807, 2.05) is 11.1 Å². The lowest BCUT2D eigenvalue weighted by Crippen LogP contribution is -2.54. The first-order valence-corrected chi connectivity index (χ1v) is 16.4. The molecule has 6 rings (SSSR count). The summed E-state index contributed by atoms with van der Waals surface area (Å²) in [7, 11) is 1.69. The maximum atomic E-state index is 13.7. The Kier molecular flexibility index (Phi) is 9.77. The lowest BCUT2D eigenvalue weighted by molar-refractivity contribution is -0.231. The molecular weight excluding hydrogens is 542 g/mol. The van der Waals surface area contributed by atoms with Crippen LogP contribution in [0.25, 0.3) is 0 Å². The van der Waals surface area contributed by atoms with Crippen molar-refractivity contribution in [3.8, 4) is 0 Å². The molecule has 3 N–H and O–H groups in total. The molecule has 2 heterocycles. The van der Waals surface area contributed by atoms with Gasteiger partial charge in [-0.1, -0.05) is 76.0 Å². The van der Waals surface area contributed by atoms with Crippen LogP contribution in [0.1, 0.15) is 119 Å². The third-order valence-corrected chi connectivity index (χ3v) is 10.4. The van der Waals surface area contributed by atoms with Crippen LogP contribution in [0, 0.1) is 5.92 Å². The summed E-state index contributed by atoms with van der Waals surface area (Å²) < 4.78 is 33.2. The molecule has 2 aliphatic heterocycles. The standard InChI is InChI=1S/C32H48F2N4O4/c1-40-28-20-27(42-38(28)24-13-9-5-6-10-14-24)30(39)35-26-18-15-21-19-23(16-17-25(21)26)32(36-31(29(33)34)41-37-32)22-11-7-3-2-4-8-12-22/h16-17,19,22,24,26-29,31,36-37H,2-15,18,20H2,1H3,(H,35,39)/t26-,27?,28?,31?,32?/m1/s1. The quantitative estimate of drug-likeness (QED) is 0.351. The van der Waals surface area contributed by atoms with Gasteiger partial charge in [-0.05, 0) is 61.1 Å². The first-order chi connectivity index (χ1) is 20.5. The molecular formula is C32H48F2N4O4. The third-order valence-electron chi connectivity index (χ3n) is 10.4. The zero-order valence-corrected chi connectivity index (χ0v) is 24.9. The summed E-state index contributed by atoms with van der Waals surface area (Å²) in [5.74, 6) is 0.0366. The van der Waals surface area contributed by atoms with E-state index >= 15 is 0 Å². The zero-order valence-electron chi connectivity index (χ0n) is 24.9. The summed E-state index contributed by atoms with van der Waals surface area (Å²) in [5, 5.41) is 8.38. The molecule has 0 radical (unpaired) electrons. The number of ether oxygens (including phenoxy) is 1. The second-order valence-corrected chi connectivity index (χ2v) is 13.0. The molecule has 3 aliphatic carbocycles. The predicted octanol–water partition coefficient (Wildman–Crippen LogP) is 5.72. The molecule has 4 fully saturated rings. The monoisotopic (exact) mass is 590 g/mol. The van der Waals surface area contributed by atoms with Crippen molar-refractivity contribution in [3.05, 3.63) is 34.9 Å². The van der Waals surface area contributed by atoms with Crippen LogP contribution in [0.3, 0.4) is 0 Å². The number of alkyl halides is 2. The van der Waals surface area contributed by atoms with Gasteiger partial charge in [-0.2, -0.15) is 10.5 Å². The number of carbonyl (C=O) groups excluding carboxylic acids is 1. The summed E-state index contributed by atoms with van der Waals surface area (Å²) in [6.45, 7) is 0. The molecule has 2 saturated heterocycles. The van der Waals surface area contributed by atoms with E-state index in [2.05, 4.69) is 28.2 Å². The molecule has 42 heavy (non-hydrogen) atoms. The number of fused-ring (bicyclic) bond motifs is 1. The summed E-state index contributed by atoms with van der Waals surface area (Å²) in [5.41, 5.74) is 5.37. The van der Waals surface area contributed by atoms with E-state index < -0.39 is 24.4 Å². The lowest BCUT2D eigenvalue weighted by Gasteiger charge is -2.38. The SMILES string of the molecule is COC1CC(C(=O)N[C@@H]2CCc3cc(C4(C5CCCCCCC5)NOC(C(F)F)N4)ccc32)ON1C1CCCCCC1. The summed E-state index contributed by atoms with van der Waals surface area (Å²) in [6, 6.07) is 6.42. The minimum absolute atomic E-state index is 0.103. The van der Waals surface area contributed by atoms with Gasteiger partial charge in [-0.25, -0.2) is 8.78 Å². The van der Waals surface area contributed by atoms with Gasteiger partial charge in [0.1, 0.15) is 11.9 Å². The molecule has 8 nitrogen and oxygen atoms in total. The van der Waals surface area contributed by atoms with Crippen molar-refractivity contribution in [2.24, 2.45) is 5.92 Å². The summed E-state index contributed by atoms with van der Waals surface area (Å²) in [4.78, 5) is 25.1. The molecule has 0 aromatic heterocycles. The minimum atomic E-state index is -2.63. The van der Waals surface area contributed by atoms with Crippen molar-refractivity contribution in [1.29, 1.82) is 0 Å². The maximum absolute atomic E-state index is 13.7. The van der Waals surface area contributed by atoms with Gasteiger partial charge in [-0.3, -0.25) is 19.8 Å². The molecule has 1 amide bonds. The van der Waals surface area contributed by atoms with Crippen molar-refractivity contribution in [3.63, 3.8) is 0 Å². The van der Waals surface area contributed by atoms with Crippen LogP contribution in [-0.4, -0.2) is 49.1 Å². The Hall–Kier alpha value is -1.69. The van der Waals surface area contributed by atoms with Gasteiger partial charge in [0.25, 0.3) is 12.3 Å². The predicted molar refractivity (Wildman–Crippen MR) is 154 cm³/mol. The smallest absolute Gasteiger partial charge is 0.279 e. The summed E-state index contributed by atoms with van der Waals surface area (Å²) in [6.07, 6.45) is 12.0. The molecule has 234 valence electrons. The fourth-order valence-corrected chi connectivity index (χ4v) is 8.03.